The Morgan fingerprint density at radius 3 is 2.69 bits per heavy atom. The first kappa shape index (κ1) is 12.9. The lowest BCUT2D eigenvalue weighted by molar-refractivity contribution is -0.123. The van der Waals surface area contributed by atoms with Crippen molar-refractivity contribution in [2.45, 2.75) is 19.9 Å². The minimum absolute atomic E-state index is 0.0707. The Kier molecular flexibility index (Phi) is 5.23. The number of carbonyl (C=O) groups excluding carboxylic acids is 1. The van der Waals surface area contributed by atoms with Gasteiger partial charge in [0.25, 0.3) is 0 Å². The smallest absolute Gasteiger partial charge is 0.237 e. The van der Waals surface area contributed by atoms with Crippen LogP contribution in [0.2, 0.25) is 0 Å². The Bertz CT molecular complexity index is 269. The van der Waals surface area contributed by atoms with E-state index in [1.165, 1.54) is 0 Å². The van der Waals surface area contributed by atoms with E-state index in [4.69, 9.17) is 10.00 Å². The minimum Gasteiger partial charge on any atom is -0.379 e. The van der Waals surface area contributed by atoms with E-state index >= 15 is 0 Å². The van der Waals surface area contributed by atoms with Crippen LogP contribution in [0.4, 0.5) is 0 Å². The van der Waals surface area contributed by atoms with E-state index in [9.17, 15) is 4.79 Å². The monoisotopic (exact) mass is 225 g/mol. The number of morpholine rings is 1. The molecule has 1 fully saturated rings. The Hall–Kier alpha value is -1.12. The maximum atomic E-state index is 11.4. The van der Waals surface area contributed by atoms with Crippen molar-refractivity contribution in [3.05, 3.63) is 0 Å². The molecule has 1 amide bonds. The molecule has 0 aromatic heterocycles. The van der Waals surface area contributed by atoms with Gasteiger partial charge in [0.1, 0.15) is 5.92 Å². The van der Waals surface area contributed by atoms with Gasteiger partial charge in [0, 0.05) is 25.7 Å². The quantitative estimate of drug-likeness (QED) is 0.730. The minimum atomic E-state index is -0.577. The summed E-state index contributed by atoms with van der Waals surface area (Å²) >= 11 is 0. The van der Waals surface area contributed by atoms with Crippen molar-refractivity contribution in [3.8, 4) is 6.07 Å². The molecule has 90 valence electrons. The van der Waals surface area contributed by atoms with Crippen LogP contribution < -0.4 is 5.32 Å². The van der Waals surface area contributed by atoms with Crippen LogP contribution in [0.5, 0.6) is 0 Å². The van der Waals surface area contributed by atoms with Gasteiger partial charge in [0.05, 0.1) is 19.3 Å². The second-order valence-electron chi connectivity index (χ2n) is 4.17. The van der Waals surface area contributed by atoms with Crippen molar-refractivity contribution in [3.63, 3.8) is 0 Å². The number of nitrogens with one attached hydrogen (secondary N) is 1. The summed E-state index contributed by atoms with van der Waals surface area (Å²) in [5, 5.41) is 11.4. The molecule has 1 saturated heterocycles. The molecule has 1 aliphatic rings. The third kappa shape index (κ3) is 4.17. The molecule has 5 nitrogen and oxygen atoms in total. The maximum Gasteiger partial charge on any atom is 0.237 e. The number of hydrogen-bond donors (Lipinski definition) is 1. The van der Waals surface area contributed by atoms with Crippen molar-refractivity contribution in [2.24, 2.45) is 5.92 Å². The number of nitrogens with zero attached hydrogens (tertiary/aromatic N) is 2. The van der Waals surface area contributed by atoms with Gasteiger partial charge in [0.2, 0.25) is 5.91 Å². The molecule has 5 heteroatoms. The highest BCUT2D eigenvalue weighted by Gasteiger charge is 2.17. The first-order valence-electron chi connectivity index (χ1n) is 5.63. The summed E-state index contributed by atoms with van der Waals surface area (Å²) in [5.41, 5.74) is 0. The van der Waals surface area contributed by atoms with Gasteiger partial charge in [-0.25, -0.2) is 0 Å². The summed E-state index contributed by atoms with van der Waals surface area (Å²) in [6, 6.07) is 2.00. The number of rotatable bonds is 4. The zero-order chi connectivity index (χ0) is 12.0. The molecule has 2 atom stereocenters. The van der Waals surface area contributed by atoms with E-state index in [0.717, 1.165) is 32.8 Å². The fraction of sp³-hybridized carbons (Fsp3) is 0.818. The van der Waals surface area contributed by atoms with Crippen LogP contribution in [0.15, 0.2) is 0 Å². The average Bonchev–Trinajstić information content (AvgIpc) is 2.29. The molecule has 0 radical (unpaired) electrons. The van der Waals surface area contributed by atoms with Crippen molar-refractivity contribution in [1.82, 2.24) is 10.2 Å². The SMILES string of the molecule is CC(CN1CCOCC1)NC(=O)C(C)C#N. The van der Waals surface area contributed by atoms with Gasteiger partial charge in [-0.3, -0.25) is 9.69 Å². The molecule has 0 saturated carbocycles. The Labute approximate surface area is 96.4 Å². The maximum absolute atomic E-state index is 11.4. The number of nitriles is 1. The lowest BCUT2D eigenvalue weighted by Gasteiger charge is -2.29. The summed E-state index contributed by atoms with van der Waals surface area (Å²) in [4.78, 5) is 13.7. The number of hydrogen-bond acceptors (Lipinski definition) is 4. The van der Waals surface area contributed by atoms with E-state index in [-0.39, 0.29) is 11.9 Å². The third-order valence-corrected chi connectivity index (χ3v) is 2.61. The van der Waals surface area contributed by atoms with Gasteiger partial charge >= 0.3 is 0 Å². The summed E-state index contributed by atoms with van der Waals surface area (Å²) in [5.74, 6) is -0.768. The highest BCUT2D eigenvalue weighted by atomic mass is 16.5. The van der Waals surface area contributed by atoms with Crippen LogP contribution in [-0.4, -0.2) is 49.7 Å². The Morgan fingerprint density at radius 2 is 2.12 bits per heavy atom. The number of ether oxygens (including phenoxy) is 1. The highest BCUT2D eigenvalue weighted by Crippen LogP contribution is 1.99. The molecule has 16 heavy (non-hydrogen) atoms. The summed E-state index contributed by atoms with van der Waals surface area (Å²) in [7, 11) is 0. The highest BCUT2D eigenvalue weighted by molar-refractivity contribution is 5.80. The lowest BCUT2D eigenvalue weighted by Crippen LogP contribution is -2.46. The topological polar surface area (TPSA) is 65.4 Å². The molecule has 1 N–H and O–H groups in total. The second kappa shape index (κ2) is 6.46. The Morgan fingerprint density at radius 1 is 1.50 bits per heavy atom. The van der Waals surface area contributed by atoms with E-state index in [1.54, 1.807) is 6.92 Å². The molecule has 2 unspecified atom stereocenters. The molecule has 1 heterocycles. The third-order valence-electron chi connectivity index (χ3n) is 2.61. The molecule has 0 aliphatic carbocycles. The van der Waals surface area contributed by atoms with Crippen molar-refractivity contribution >= 4 is 5.91 Å². The van der Waals surface area contributed by atoms with Gasteiger partial charge in [0.15, 0.2) is 0 Å². The van der Waals surface area contributed by atoms with Gasteiger partial charge in [-0.1, -0.05) is 0 Å². The van der Waals surface area contributed by atoms with Crippen LogP contribution in [0, 0.1) is 17.2 Å². The van der Waals surface area contributed by atoms with Crippen LogP contribution in [0.3, 0.4) is 0 Å². The fourth-order valence-electron chi connectivity index (χ4n) is 1.64. The molecule has 1 rings (SSSR count). The number of carbonyl (C=O) groups is 1. The summed E-state index contributed by atoms with van der Waals surface area (Å²) in [6.45, 7) is 7.72. The first-order chi connectivity index (χ1) is 7.63. The largest absolute Gasteiger partial charge is 0.379 e. The van der Waals surface area contributed by atoms with Crippen LogP contribution in [-0.2, 0) is 9.53 Å². The van der Waals surface area contributed by atoms with Gasteiger partial charge in [-0.15, -0.1) is 0 Å². The van der Waals surface area contributed by atoms with Crippen LogP contribution in [0.25, 0.3) is 0 Å². The zero-order valence-corrected chi connectivity index (χ0v) is 9.90. The van der Waals surface area contributed by atoms with E-state index in [1.807, 2.05) is 13.0 Å². The molecule has 0 aromatic carbocycles. The standard InChI is InChI=1S/C11H19N3O2/c1-9(7-12)11(15)13-10(2)8-14-3-5-16-6-4-14/h9-10H,3-6,8H2,1-2H3,(H,13,15). The molecular weight excluding hydrogens is 206 g/mol. The fourth-order valence-corrected chi connectivity index (χ4v) is 1.64. The van der Waals surface area contributed by atoms with E-state index in [2.05, 4.69) is 10.2 Å². The lowest BCUT2D eigenvalue weighted by atomic mass is 10.2. The van der Waals surface area contributed by atoms with Crippen molar-refractivity contribution in [1.29, 1.82) is 5.26 Å². The predicted molar refractivity (Wildman–Crippen MR) is 59.6 cm³/mol. The average molecular weight is 225 g/mol. The molecule has 0 aromatic rings. The molecule has 1 aliphatic heterocycles. The van der Waals surface area contributed by atoms with Gasteiger partial charge in [-0.05, 0) is 13.8 Å². The molecule has 0 bridgehead atoms. The first-order valence-corrected chi connectivity index (χ1v) is 5.63. The molecular formula is C11H19N3O2. The molecule has 0 spiro atoms. The van der Waals surface area contributed by atoms with E-state index < -0.39 is 5.92 Å². The van der Waals surface area contributed by atoms with E-state index in [0.29, 0.717) is 0 Å². The normalized spacial score (nSPS) is 20.8. The predicted octanol–water partition coefficient (Wildman–Crippen LogP) is -0.0170. The van der Waals surface area contributed by atoms with Crippen LogP contribution in [0.1, 0.15) is 13.8 Å². The van der Waals surface area contributed by atoms with Gasteiger partial charge in [-0.2, -0.15) is 5.26 Å². The van der Waals surface area contributed by atoms with Gasteiger partial charge < -0.3 is 10.1 Å². The van der Waals surface area contributed by atoms with Crippen LogP contribution >= 0.6 is 0 Å². The summed E-state index contributed by atoms with van der Waals surface area (Å²) in [6.07, 6.45) is 0. The van der Waals surface area contributed by atoms with Crippen molar-refractivity contribution in [2.75, 3.05) is 32.8 Å². The zero-order valence-electron chi connectivity index (χ0n) is 9.90. The van der Waals surface area contributed by atoms with Crippen molar-refractivity contribution < 1.29 is 9.53 Å². The second-order valence-corrected chi connectivity index (χ2v) is 4.17. The summed E-state index contributed by atoms with van der Waals surface area (Å²) < 4.78 is 5.25. The Balaban J connectivity index is 2.27. The number of amides is 1.